The minimum Gasteiger partial charge on any atom is -0.269 e. The highest BCUT2D eigenvalue weighted by Gasteiger charge is 2.82. The van der Waals surface area contributed by atoms with Crippen molar-refractivity contribution in [2.45, 2.75) is 42.7 Å². The van der Waals surface area contributed by atoms with Gasteiger partial charge in [0.15, 0.2) is 0 Å². The highest BCUT2D eigenvalue weighted by atomic mass is 32.2. The molecule has 1 heterocycles. The van der Waals surface area contributed by atoms with E-state index in [-0.39, 0.29) is 16.8 Å². The van der Waals surface area contributed by atoms with Crippen molar-refractivity contribution in [2.24, 2.45) is 0 Å². The van der Waals surface area contributed by atoms with Gasteiger partial charge in [-0.25, -0.2) is 8.42 Å². The lowest BCUT2D eigenvalue weighted by Gasteiger charge is -2.37. The van der Waals surface area contributed by atoms with Crippen LogP contribution in [-0.2, 0) is 15.4 Å². The average molecular weight is 468 g/mol. The number of nitrogens with zero attached hydrogens (tertiary/aromatic N) is 2. The van der Waals surface area contributed by atoms with Crippen molar-refractivity contribution in [3.05, 3.63) is 29.3 Å². The number of benzene rings is 1. The van der Waals surface area contributed by atoms with Crippen molar-refractivity contribution in [1.29, 1.82) is 5.26 Å². The number of anilines is 1. The minimum absolute atomic E-state index is 0.189. The zero-order chi connectivity index (χ0) is 23.6. The van der Waals surface area contributed by atoms with E-state index in [2.05, 4.69) is 0 Å². The molecule has 0 bridgehead atoms. The van der Waals surface area contributed by atoms with Crippen molar-refractivity contribution in [2.75, 3.05) is 17.1 Å². The van der Waals surface area contributed by atoms with Crippen molar-refractivity contribution in [3.63, 3.8) is 0 Å². The quantitative estimate of drug-likeness (QED) is 0.600. The van der Waals surface area contributed by atoms with Crippen LogP contribution in [0.25, 0.3) is 0 Å². The lowest BCUT2D eigenvalue weighted by Crippen LogP contribution is -2.62. The summed E-state index contributed by atoms with van der Waals surface area (Å²) in [5.74, 6) is -19.8. The monoisotopic (exact) mass is 468 g/mol. The number of hydrogen-bond donors (Lipinski definition) is 0. The van der Waals surface area contributed by atoms with Crippen LogP contribution in [0.2, 0.25) is 0 Å². The highest BCUT2D eigenvalue weighted by Crippen LogP contribution is 2.57. The first-order valence-corrected chi connectivity index (χ1v) is 9.79. The second-order valence-corrected chi connectivity index (χ2v) is 9.11. The van der Waals surface area contributed by atoms with E-state index >= 15 is 0 Å². The summed E-state index contributed by atoms with van der Waals surface area (Å²) >= 11 is 0. The smallest absolute Gasteiger partial charge is 0.269 e. The van der Waals surface area contributed by atoms with Gasteiger partial charge in [0, 0.05) is 18.4 Å². The van der Waals surface area contributed by atoms with Crippen LogP contribution in [-0.4, -0.2) is 45.2 Å². The Morgan fingerprint density at radius 2 is 1.60 bits per heavy atom. The molecular formula is C16H13F9N2O2S. The summed E-state index contributed by atoms with van der Waals surface area (Å²) in [7, 11) is -4.16. The van der Waals surface area contributed by atoms with Gasteiger partial charge in [-0.05, 0) is 23.8 Å². The van der Waals surface area contributed by atoms with Crippen molar-refractivity contribution >= 4 is 15.7 Å². The number of alkyl halides is 9. The van der Waals surface area contributed by atoms with Crippen LogP contribution < -0.4 is 4.31 Å². The highest BCUT2D eigenvalue weighted by molar-refractivity contribution is 7.92. The van der Waals surface area contributed by atoms with Crippen molar-refractivity contribution < 1.29 is 47.9 Å². The number of hydrogen-bond acceptors (Lipinski definition) is 3. The Hall–Kier alpha value is -2.17. The molecule has 0 saturated carbocycles. The number of sulfonamides is 1. The maximum Gasteiger partial charge on any atom is 0.460 e. The zero-order valence-electron chi connectivity index (χ0n) is 15.2. The zero-order valence-corrected chi connectivity index (χ0v) is 16.0. The summed E-state index contributed by atoms with van der Waals surface area (Å²) in [6, 6.07) is 4.65. The first-order chi connectivity index (χ1) is 13.2. The number of fused-ring (bicyclic) bond motifs is 1. The summed E-state index contributed by atoms with van der Waals surface area (Å²) in [6.07, 6.45) is -8.54. The van der Waals surface area contributed by atoms with Gasteiger partial charge in [-0.15, -0.1) is 0 Å². The Kier molecular flexibility index (Phi) is 5.35. The molecule has 0 amide bonds. The summed E-state index contributed by atoms with van der Waals surface area (Å²) in [5.41, 5.74) is -3.15. The molecule has 1 atom stereocenters. The molecule has 0 fully saturated rings. The Morgan fingerprint density at radius 3 is 2.03 bits per heavy atom. The first-order valence-electron chi connectivity index (χ1n) is 7.94. The molecule has 1 unspecified atom stereocenters. The van der Waals surface area contributed by atoms with Crippen molar-refractivity contribution in [1.82, 2.24) is 0 Å². The second kappa shape index (κ2) is 6.66. The molecule has 0 radical (unpaired) electrons. The predicted molar refractivity (Wildman–Crippen MR) is 86.2 cm³/mol. The third-order valence-corrected chi connectivity index (χ3v) is 5.89. The van der Waals surface area contributed by atoms with E-state index in [1.54, 1.807) is 6.07 Å². The standard InChI is InChI=1S/C16H13F9N2O2S/c1-12(7-13(17,18)14(19,20)15(21,22)16(23,24)25)8-27(30(2,28)29)11-4-3-9(6-26)5-10(11)12/h3-5H,7-8H2,1-2H3. The fraction of sp³-hybridized carbons (Fsp3) is 0.562. The maximum absolute atomic E-state index is 14.3. The Labute approximate surface area is 164 Å². The van der Waals surface area contributed by atoms with Crippen LogP contribution in [0.1, 0.15) is 24.5 Å². The predicted octanol–water partition coefficient (Wildman–Crippen LogP) is 4.45. The molecule has 0 aromatic heterocycles. The van der Waals surface area contributed by atoms with E-state index in [1.165, 1.54) is 0 Å². The molecule has 14 heteroatoms. The van der Waals surface area contributed by atoms with E-state index in [0.717, 1.165) is 25.1 Å². The van der Waals surface area contributed by atoms with Gasteiger partial charge in [0.25, 0.3) is 0 Å². The topological polar surface area (TPSA) is 61.2 Å². The molecule has 30 heavy (non-hydrogen) atoms. The molecule has 1 aliphatic heterocycles. The molecule has 0 spiro atoms. The van der Waals surface area contributed by atoms with Gasteiger partial charge in [-0.2, -0.15) is 44.8 Å². The summed E-state index contributed by atoms with van der Waals surface area (Å²) in [4.78, 5) is 0. The van der Waals surface area contributed by atoms with E-state index in [9.17, 15) is 47.9 Å². The van der Waals surface area contributed by atoms with Gasteiger partial charge in [0.1, 0.15) is 0 Å². The third-order valence-electron chi connectivity index (χ3n) is 4.76. The second-order valence-electron chi connectivity index (χ2n) is 7.20. The first kappa shape index (κ1) is 24.1. The number of nitriles is 1. The van der Waals surface area contributed by atoms with E-state index < -0.39 is 52.3 Å². The summed E-state index contributed by atoms with van der Waals surface area (Å²) in [5, 5.41) is 8.95. The van der Waals surface area contributed by atoms with E-state index in [0.29, 0.717) is 10.6 Å². The fourth-order valence-corrected chi connectivity index (χ4v) is 4.29. The SMILES string of the molecule is CC1(CC(F)(F)C(F)(F)C(F)(F)C(F)(F)F)CN(S(C)(=O)=O)c2ccc(C#N)cc21. The summed E-state index contributed by atoms with van der Waals surface area (Å²) in [6.45, 7) is -0.118. The molecule has 1 aromatic rings. The Bertz CT molecular complexity index is 999. The molecule has 0 N–H and O–H groups in total. The molecule has 0 aliphatic carbocycles. The summed E-state index contributed by atoms with van der Waals surface area (Å²) < 4.78 is 144. The third kappa shape index (κ3) is 3.57. The van der Waals surface area contributed by atoms with E-state index in [4.69, 9.17) is 5.26 Å². The van der Waals surface area contributed by atoms with Crippen LogP contribution in [0.4, 0.5) is 45.2 Å². The Morgan fingerprint density at radius 1 is 1.07 bits per heavy atom. The lowest BCUT2D eigenvalue weighted by molar-refractivity contribution is -0.398. The van der Waals surface area contributed by atoms with Crippen LogP contribution in [0.3, 0.4) is 0 Å². The molecule has 4 nitrogen and oxygen atoms in total. The number of rotatable bonds is 5. The average Bonchev–Trinajstić information content (AvgIpc) is 2.85. The minimum atomic E-state index is -7.05. The largest absolute Gasteiger partial charge is 0.460 e. The van der Waals surface area contributed by atoms with Crippen LogP contribution in [0.5, 0.6) is 0 Å². The van der Waals surface area contributed by atoms with Gasteiger partial charge >= 0.3 is 23.9 Å². The molecule has 0 saturated heterocycles. The molecular weight excluding hydrogens is 455 g/mol. The van der Waals surface area contributed by atoms with Crippen molar-refractivity contribution in [3.8, 4) is 6.07 Å². The molecule has 2 rings (SSSR count). The van der Waals surface area contributed by atoms with E-state index in [1.807, 2.05) is 0 Å². The normalized spacial score (nSPS) is 20.8. The van der Waals surface area contributed by atoms with Crippen LogP contribution in [0.15, 0.2) is 18.2 Å². The van der Waals surface area contributed by atoms with Gasteiger partial charge in [-0.1, -0.05) is 6.92 Å². The van der Waals surface area contributed by atoms with Gasteiger partial charge in [-0.3, -0.25) is 4.31 Å². The molecule has 168 valence electrons. The van der Waals surface area contributed by atoms with Crippen LogP contribution in [0, 0.1) is 11.3 Å². The van der Waals surface area contributed by atoms with Gasteiger partial charge in [0.05, 0.1) is 23.6 Å². The Balaban J connectivity index is 2.61. The van der Waals surface area contributed by atoms with Gasteiger partial charge < -0.3 is 0 Å². The van der Waals surface area contributed by atoms with Gasteiger partial charge in [0.2, 0.25) is 10.0 Å². The maximum atomic E-state index is 14.3. The van der Waals surface area contributed by atoms with Crippen LogP contribution >= 0.6 is 0 Å². The fourth-order valence-electron chi connectivity index (χ4n) is 3.25. The lowest BCUT2D eigenvalue weighted by atomic mass is 9.77. The molecule has 1 aromatic carbocycles. The molecule has 1 aliphatic rings. The number of halogens is 9.